The van der Waals surface area contributed by atoms with Gasteiger partial charge in [0.15, 0.2) is 0 Å². The van der Waals surface area contributed by atoms with Crippen molar-refractivity contribution in [2.45, 2.75) is 63.2 Å². The molecule has 98 valence electrons. The maximum Gasteiger partial charge on any atom is 0.0367 e. The van der Waals surface area contributed by atoms with E-state index in [1.165, 1.54) is 63.4 Å². The lowest BCUT2D eigenvalue weighted by molar-refractivity contribution is 0.465. The summed E-state index contributed by atoms with van der Waals surface area (Å²) in [5.74, 6) is 0.702. The minimum absolute atomic E-state index is 0.403. The lowest BCUT2D eigenvalue weighted by atomic mass is 9.91. The Morgan fingerprint density at radius 1 is 0.944 bits per heavy atom. The van der Waals surface area contributed by atoms with E-state index in [2.05, 4.69) is 18.2 Å². The SMILES string of the molecule is ClC1CCCCCC1Cc1ccc2c(c1)CCC2. The van der Waals surface area contributed by atoms with E-state index in [-0.39, 0.29) is 0 Å². The Bertz CT molecular complexity index is 410. The van der Waals surface area contributed by atoms with Crippen LogP contribution in [0.2, 0.25) is 0 Å². The molecule has 2 unspecified atom stereocenters. The second-order valence-electron chi connectivity index (χ2n) is 6.07. The third kappa shape index (κ3) is 2.74. The minimum atomic E-state index is 0.403. The van der Waals surface area contributed by atoms with Crippen LogP contribution in [0.5, 0.6) is 0 Å². The maximum absolute atomic E-state index is 6.55. The van der Waals surface area contributed by atoms with Gasteiger partial charge >= 0.3 is 0 Å². The zero-order valence-electron chi connectivity index (χ0n) is 11.1. The van der Waals surface area contributed by atoms with Crippen molar-refractivity contribution in [3.8, 4) is 0 Å². The zero-order valence-corrected chi connectivity index (χ0v) is 11.9. The number of benzene rings is 1. The molecule has 1 fully saturated rings. The molecule has 1 saturated carbocycles. The van der Waals surface area contributed by atoms with Crippen molar-refractivity contribution in [2.24, 2.45) is 5.92 Å². The Morgan fingerprint density at radius 2 is 1.78 bits per heavy atom. The number of alkyl halides is 1. The largest absolute Gasteiger partial charge is 0.123 e. The van der Waals surface area contributed by atoms with Crippen LogP contribution in [0.25, 0.3) is 0 Å². The summed E-state index contributed by atoms with van der Waals surface area (Å²) in [7, 11) is 0. The number of hydrogen-bond donors (Lipinski definition) is 0. The van der Waals surface area contributed by atoms with Gasteiger partial charge in [-0.1, -0.05) is 37.5 Å². The van der Waals surface area contributed by atoms with Gasteiger partial charge in [0.05, 0.1) is 0 Å². The van der Waals surface area contributed by atoms with Crippen LogP contribution in [0, 0.1) is 5.92 Å². The predicted octanol–water partition coefficient (Wildman–Crippen LogP) is 4.91. The molecule has 0 aromatic heterocycles. The number of hydrogen-bond acceptors (Lipinski definition) is 0. The van der Waals surface area contributed by atoms with Gasteiger partial charge in [0.25, 0.3) is 0 Å². The van der Waals surface area contributed by atoms with Crippen molar-refractivity contribution in [1.29, 1.82) is 0 Å². The summed E-state index contributed by atoms with van der Waals surface area (Å²) in [4.78, 5) is 0. The number of rotatable bonds is 2. The summed E-state index contributed by atoms with van der Waals surface area (Å²) in [6.45, 7) is 0. The Morgan fingerprint density at radius 3 is 2.72 bits per heavy atom. The van der Waals surface area contributed by atoms with E-state index in [0.29, 0.717) is 11.3 Å². The first-order valence-corrected chi connectivity index (χ1v) is 8.01. The third-order valence-electron chi connectivity index (χ3n) is 4.73. The van der Waals surface area contributed by atoms with Crippen LogP contribution in [0.1, 0.15) is 55.2 Å². The van der Waals surface area contributed by atoms with Crippen LogP contribution < -0.4 is 0 Å². The molecular weight excluding hydrogens is 240 g/mol. The van der Waals surface area contributed by atoms with E-state index in [0.717, 1.165) is 0 Å². The summed E-state index contributed by atoms with van der Waals surface area (Å²) in [5.41, 5.74) is 4.71. The van der Waals surface area contributed by atoms with E-state index in [4.69, 9.17) is 11.6 Å². The van der Waals surface area contributed by atoms with Crippen molar-refractivity contribution < 1.29 is 0 Å². The van der Waals surface area contributed by atoms with Gasteiger partial charge in [0.2, 0.25) is 0 Å². The van der Waals surface area contributed by atoms with Crippen LogP contribution in [-0.4, -0.2) is 5.38 Å². The molecule has 2 aliphatic carbocycles. The summed E-state index contributed by atoms with van der Waals surface area (Å²) in [6, 6.07) is 7.16. The molecular formula is C17H23Cl. The summed E-state index contributed by atoms with van der Waals surface area (Å²) >= 11 is 6.55. The van der Waals surface area contributed by atoms with Crippen LogP contribution >= 0.6 is 11.6 Å². The molecule has 0 radical (unpaired) electrons. The molecule has 0 amide bonds. The minimum Gasteiger partial charge on any atom is -0.123 e. The highest BCUT2D eigenvalue weighted by Gasteiger charge is 2.22. The highest BCUT2D eigenvalue weighted by atomic mass is 35.5. The Hall–Kier alpha value is -0.490. The molecule has 1 aromatic carbocycles. The molecule has 0 spiro atoms. The lowest BCUT2D eigenvalue weighted by Crippen LogP contribution is -2.16. The average Bonchev–Trinajstić information content (AvgIpc) is 2.75. The normalized spacial score (nSPS) is 27.8. The molecule has 2 atom stereocenters. The quantitative estimate of drug-likeness (QED) is 0.525. The van der Waals surface area contributed by atoms with Crippen molar-refractivity contribution in [3.63, 3.8) is 0 Å². The maximum atomic E-state index is 6.55. The first-order chi connectivity index (χ1) is 8.83. The second kappa shape index (κ2) is 5.65. The molecule has 0 heterocycles. The van der Waals surface area contributed by atoms with Crippen LogP contribution in [0.15, 0.2) is 18.2 Å². The summed E-state index contributed by atoms with van der Waals surface area (Å²) in [6.07, 6.45) is 11.7. The smallest absolute Gasteiger partial charge is 0.0367 e. The van der Waals surface area contributed by atoms with E-state index >= 15 is 0 Å². The molecule has 0 aliphatic heterocycles. The fraction of sp³-hybridized carbons (Fsp3) is 0.647. The van der Waals surface area contributed by atoms with E-state index in [1.54, 1.807) is 11.1 Å². The molecule has 1 heteroatoms. The molecule has 1 aromatic rings. The monoisotopic (exact) mass is 262 g/mol. The van der Waals surface area contributed by atoms with Crippen LogP contribution in [0.4, 0.5) is 0 Å². The van der Waals surface area contributed by atoms with Gasteiger partial charge in [-0.15, -0.1) is 11.6 Å². The molecule has 0 N–H and O–H groups in total. The summed E-state index contributed by atoms with van der Waals surface area (Å²) < 4.78 is 0. The lowest BCUT2D eigenvalue weighted by Gasteiger charge is -2.20. The Labute approximate surface area is 116 Å². The fourth-order valence-corrected chi connectivity index (χ4v) is 3.99. The standard InChI is InChI=1S/C17H23Cl/c18-17-8-3-1-2-5-16(17)12-13-9-10-14-6-4-7-15(14)11-13/h9-11,16-17H,1-8,12H2. The Kier molecular flexibility index (Phi) is 3.94. The average molecular weight is 263 g/mol. The van der Waals surface area contributed by atoms with E-state index in [1.807, 2.05) is 0 Å². The first-order valence-electron chi connectivity index (χ1n) is 7.57. The van der Waals surface area contributed by atoms with Gasteiger partial charge in [0.1, 0.15) is 0 Å². The fourth-order valence-electron chi connectivity index (χ4n) is 3.62. The third-order valence-corrected chi connectivity index (χ3v) is 5.30. The number of halogens is 1. The predicted molar refractivity (Wildman–Crippen MR) is 78.4 cm³/mol. The van der Waals surface area contributed by atoms with Crippen LogP contribution in [-0.2, 0) is 19.3 Å². The number of aryl methyl sites for hydroxylation is 2. The van der Waals surface area contributed by atoms with Crippen LogP contribution in [0.3, 0.4) is 0 Å². The molecule has 0 saturated heterocycles. The van der Waals surface area contributed by atoms with Crippen molar-refractivity contribution in [1.82, 2.24) is 0 Å². The molecule has 3 rings (SSSR count). The molecule has 2 aliphatic rings. The van der Waals surface area contributed by atoms with E-state index in [9.17, 15) is 0 Å². The number of fused-ring (bicyclic) bond motifs is 1. The molecule has 0 nitrogen and oxygen atoms in total. The van der Waals surface area contributed by atoms with Crippen molar-refractivity contribution in [3.05, 3.63) is 34.9 Å². The van der Waals surface area contributed by atoms with Crippen molar-refractivity contribution >= 4 is 11.6 Å². The van der Waals surface area contributed by atoms with Gasteiger partial charge in [0, 0.05) is 5.38 Å². The highest BCUT2D eigenvalue weighted by molar-refractivity contribution is 6.20. The van der Waals surface area contributed by atoms with Gasteiger partial charge < -0.3 is 0 Å². The topological polar surface area (TPSA) is 0 Å². The van der Waals surface area contributed by atoms with Crippen molar-refractivity contribution in [2.75, 3.05) is 0 Å². The zero-order chi connectivity index (χ0) is 12.4. The van der Waals surface area contributed by atoms with Gasteiger partial charge in [-0.3, -0.25) is 0 Å². The van der Waals surface area contributed by atoms with E-state index < -0.39 is 0 Å². The van der Waals surface area contributed by atoms with Gasteiger partial charge in [-0.2, -0.15) is 0 Å². The summed E-state index contributed by atoms with van der Waals surface area (Å²) in [5, 5.41) is 0.403. The second-order valence-corrected chi connectivity index (χ2v) is 6.64. The Balaban J connectivity index is 1.71. The molecule has 18 heavy (non-hydrogen) atoms. The van der Waals surface area contributed by atoms with Gasteiger partial charge in [-0.25, -0.2) is 0 Å². The first kappa shape index (κ1) is 12.5. The molecule has 0 bridgehead atoms. The highest BCUT2D eigenvalue weighted by Crippen LogP contribution is 2.31. The van der Waals surface area contributed by atoms with Gasteiger partial charge in [-0.05, 0) is 61.1 Å².